The van der Waals surface area contributed by atoms with Crippen LogP contribution in [0.2, 0.25) is 0 Å². The Morgan fingerprint density at radius 1 is 1.32 bits per heavy atom. The van der Waals surface area contributed by atoms with Crippen LogP contribution in [0.3, 0.4) is 0 Å². The molecule has 0 aromatic heterocycles. The van der Waals surface area contributed by atoms with Crippen LogP contribution < -0.4 is 5.32 Å². The lowest BCUT2D eigenvalue weighted by Crippen LogP contribution is -2.52. The van der Waals surface area contributed by atoms with Crippen LogP contribution in [0.1, 0.15) is 43.7 Å². The Hall–Kier alpha value is -0.940. The molecule has 2 heterocycles. The first-order valence-electron chi connectivity index (χ1n) is 10.0. The average molecular weight is 344 g/mol. The van der Waals surface area contributed by atoms with Crippen LogP contribution in [-0.2, 0) is 16.8 Å². The minimum absolute atomic E-state index is 0.451. The third-order valence-corrected chi connectivity index (χ3v) is 6.46. The third kappa shape index (κ3) is 3.77. The zero-order chi connectivity index (χ0) is 17.3. The molecule has 1 aromatic carbocycles. The smallest absolute Gasteiger partial charge is 0.103 e. The lowest BCUT2D eigenvalue weighted by atomic mass is 9.91. The van der Waals surface area contributed by atoms with E-state index in [2.05, 4.69) is 35.3 Å². The van der Waals surface area contributed by atoms with Gasteiger partial charge in [-0.2, -0.15) is 0 Å². The fourth-order valence-corrected chi connectivity index (χ4v) is 4.93. The number of hydrogen-bond acceptors (Lipinski definition) is 4. The highest BCUT2D eigenvalue weighted by Gasteiger charge is 2.37. The van der Waals surface area contributed by atoms with E-state index in [1.54, 1.807) is 0 Å². The average Bonchev–Trinajstić information content (AvgIpc) is 3.23. The largest absolute Gasteiger partial charge is 0.384 e. The van der Waals surface area contributed by atoms with Crippen molar-refractivity contribution in [2.45, 2.75) is 56.8 Å². The second kappa shape index (κ2) is 7.36. The molecular weight excluding hydrogens is 312 g/mol. The summed E-state index contributed by atoms with van der Waals surface area (Å²) in [7, 11) is 0. The van der Waals surface area contributed by atoms with Gasteiger partial charge in [-0.25, -0.2) is 0 Å². The van der Waals surface area contributed by atoms with Gasteiger partial charge in [0.25, 0.3) is 0 Å². The van der Waals surface area contributed by atoms with Crippen LogP contribution >= 0.6 is 0 Å². The van der Waals surface area contributed by atoms with Crippen LogP contribution in [0.25, 0.3) is 0 Å². The van der Waals surface area contributed by atoms with Crippen molar-refractivity contribution in [1.29, 1.82) is 0 Å². The Bertz CT molecular complexity index is 587. The number of nitrogens with one attached hydrogen (secondary N) is 1. The number of aliphatic hydroxyl groups is 1. The first-order chi connectivity index (χ1) is 12.1. The molecule has 138 valence electrons. The van der Waals surface area contributed by atoms with Crippen molar-refractivity contribution in [3.63, 3.8) is 0 Å². The molecule has 4 heteroatoms. The van der Waals surface area contributed by atoms with Gasteiger partial charge in [0, 0.05) is 32.3 Å². The second-order valence-electron chi connectivity index (χ2n) is 8.34. The zero-order valence-corrected chi connectivity index (χ0v) is 15.4. The van der Waals surface area contributed by atoms with E-state index in [4.69, 9.17) is 4.74 Å². The zero-order valence-electron chi connectivity index (χ0n) is 15.4. The predicted molar refractivity (Wildman–Crippen MR) is 99.6 cm³/mol. The van der Waals surface area contributed by atoms with Crippen molar-refractivity contribution in [2.24, 2.45) is 5.92 Å². The molecule has 4 nitrogen and oxygen atoms in total. The Morgan fingerprint density at radius 3 is 3.00 bits per heavy atom. The number of nitrogens with zero attached hydrogens (tertiary/aromatic N) is 1. The second-order valence-corrected chi connectivity index (χ2v) is 8.34. The highest BCUT2D eigenvalue weighted by atomic mass is 16.5. The molecule has 1 aromatic rings. The van der Waals surface area contributed by atoms with E-state index in [1.807, 2.05) is 6.07 Å². The van der Waals surface area contributed by atoms with Gasteiger partial charge in [-0.1, -0.05) is 31.2 Å². The molecule has 0 radical (unpaired) electrons. The van der Waals surface area contributed by atoms with E-state index in [1.165, 1.54) is 18.4 Å². The number of aryl methyl sites for hydroxylation is 1. The van der Waals surface area contributed by atoms with Gasteiger partial charge >= 0.3 is 0 Å². The van der Waals surface area contributed by atoms with Gasteiger partial charge in [-0.15, -0.1) is 0 Å². The summed E-state index contributed by atoms with van der Waals surface area (Å²) in [5.41, 5.74) is 1.75. The van der Waals surface area contributed by atoms with Crippen LogP contribution in [0.15, 0.2) is 24.3 Å². The Morgan fingerprint density at radius 2 is 2.20 bits per heavy atom. The quantitative estimate of drug-likeness (QED) is 0.860. The van der Waals surface area contributed by atoms with Gasteiger partial charge in [0.15, 0.2) is 0 Å². The molecular formula is C21H32N2O2. The molecule has 4 unspecified atom stereocenters. The fourth-order valence-electron chi connectivity index (χ4n) is 4.93. The van der Waals surface area contributed by atoms with Crippen molar-refractivity contribution in [1.82, 2.24) is 10.2 Å². The summed E-state index contributed by atoms with van der Waals surface area (Å²) in [4.78, 5) is 2.57. The molecule has 4 rings (SSSR count). The van der Waals surface area contributed by atoms with Crippen LogP contribution in [0, 0.1) is 5.92 Å². The summed E-state index contributed by atoms with van der Waals surface area (Å²) in [6.45, 7) is 7.31. The van der Waals surface area contributed by atoms with Gasteiger partial charge in [0.1, 0.15) is 5.60 Å². The number of hydrogen-bond donors (Lipinski definition) is 2. The summed E-state index contributed by atoms with van der Waals surface area (Å²) in [5, 5.41) is 14.8. The highest BCUT2D eigenvalue weighted by Crippen LogP contribution is 2.36. The van der Waals surface area contributed by atoms with E-state index in [0.717, 1.165) is 51.1 Å². The predicted octanol–water partition coefficient (Wildman–Crippen LogP) is 2.30. The standard InChI is InChI=1S/C21H32N2O2/c1-16-13-23(14-18-6-4-12-25-18)11-9-20(16)22-15-21(24)10-8-17-5-2-3-7-19(17)21/h2-3,5,7,16,18,20,22,24H,4,6,8-15H2,1H3. The number of likely N-dealkylation sites (tertiary alicyclic amines) is 1. The van der Waals surface area contributed by atoms with E-state index in [-0.39, 0.29) is 0 Å². The summed E-state index contributed by atoms with van der Waals surface area (Å²) in [5.74, 6) is 0.607. The summed E-state index contributed by atoms with van der Waals surface area (Å²) in [6.07, 6.45) is 5.88. The summed E-state index contributed by atoms with van der Waals surface area (Å²) >= 11 is 0. The topological polar surface area (TPSA) is 44.7 Å². The Kier molecular flexibility index (Phi) is 5.14. The number of benzene rings is 1. The van der Waals surface area contributed by atoms with E-state index >= 15 is 0 Å². The van der Waals surface area contributed by atoms with E-state index < -0.39 is 5.60 Å². The van der Waals surface area contributed by atoms with Crippen molar-refractivity contribution in [3.8, 4) is 0 Å². The molecule has 2 aliphatic heterocycles. The molecule has 0 amide bonds. The molecule has 25 heavy (non-hydrogen) atoms. The lowest BCUT2D eigenvalue weighted by molar-refractivity contribution is 0.0233. The van der Waals surface area contributed by atoms with Gasteiger partial charge in [0.05, 0.1) is 6.10 Å². The molecule has 0 saturated carbocycles. The molecule has 4 atom stereocenters. The molecule has 2 N–H and O–H groups in total. The number of piperidine rings is 1. The van der Waals surface area contributed by atoms with E-state index in [9.17, 15) is 5.11 Å². The minimum Gasteiger partial charge on any atom is -0.384 e. The fraction of sp³-hybridized carbons (Fsp3) is 0.714. The minimum atomic E-state index is -0.689. The number of fused-ring (bicyclic) bond motifs is 1. The first-order valence-corrected chi connectivity index (χ1v) is 10.0. The highest BCUT2D eigenvalue weighted by molar-refractivity contribution is 5.37. The van der Waals surface area contributed by atoms with Crippen molar-refractivity contribution < 1.29 is 9.84 Å². The molecule has 3 aliphatic rings. The van der Waals surface area contributed by atoms with Crippen LogP contribution in [-0.4, -0.2) is 54.9 Å². The van der Waals surface area contributed by atoms with Crippen LogP contribution in [0.5, 0.6) is 0 Å². The first kappa shape index (κ1) is 17.5. The number of rotatable bonds is 5. The molecule has 0 spiro atoms. The maximum Gasteiger partial charge on any atom is 0.103 e. The lowest BCUT2D eigenvalue weighted by Gasteiger charge is -2.39. The molecule has 1 aliphatic carbocycles. The van der Waals surface area contributed by atoms with E-state index in [0.29, 0.717) is 24.6 Å². The van der Waals surface area contributed by atoms with Crippen molar-refractivity contribution in [3.05, 3.63) is 35.4 Å². The maximum absolute atomic E-state index is 11.1. The summed E-state index contributed by atoms with van der Waals surface area (Å²) < 4.78 is 5.79. The maximum atomic E-state index is 11.1. The molecule has 2 saturated heterocycles. The van der Waals surface area contributed by atoms with Gasteiger partial charge in [-0.3, -0.25) is 0 Å². The molecule has 2 fully saturated rings. The van der Waals surface area contributed by atoms with Gasteiger partial charge in [-0.05, 0) is 55.7 Å². The Labute approximate surface area is 151 Å². The van der Waals surface area contributed by atoms with Crippen molar-refractivity contribution >= 4 is 0 Å². The van der Waals surface area contributed by atoms with Gasteiger partial charge < -0.3 is 20.1 Å². The summed E-state index contributed by atoms with van der Waals surface area (Å²) in [6, 6.07) is 8.86. The monoisotopic (exact) mass is 344 g/mol. The molecule has 0 bridgehead atoms. The normalized spacial score (nSPS) is 35.8. The Balaban J connectivity index is 1.29. The third-order valence-electron chi connectivity index (χ3n) is 6.46. The van der Waals surface area contributed by atoms with Gasteiger partial charge in [0.2, 0.25) is 0 Å². The van der Waals surface area contributed by atoms with Crippen molar-refractivity contribution in [2.75, 3.05) is 32.8 Å². The SMILES string of the molecule is CC1CN(CC2CCCO2)CCC1NCC1(O)CCc2ccccc21. The number of ether oxygens (including phenoxy) is 1. The van der Waals surface area contributed by atoms with Crippen LogP contribution in [0.4, 0.5) is 0 Å².